The quantitative estimate of drug-likeness (QED) is 0.716. The fourth-order valence-electron chi connectivity index (χ4n) is 4.52. The second-order valence-electron chi connectivity index (χ2n) is 8.25. The zero-order chi connectivity index (χ0) is 16.4. The van der Waals surface area contributed by atoms with Crippen LogP contribution in [0.5, 0.6) is 0 Å². The van der Waals surface area contributed by atoms with Crippen molar-refractivity contribution in [2.45, 2.75) is 63.6 Å². The molecule has 1 amide bonds. The Bertz CT molecular complexity index is 447. The number of likely N-dealkylation sites (tertiary alicyclic amines) is 1. The van der Waals surface area contributed by atoms with Crippen molar-refractivity contribution in [1.29, 1.82) is 0 Å². The molecule has 24 heavy (non-hydrogen) atoms. The van der Waals surface area contributed by atoms with Crippen molar-refractivity contribution < 1.29 is 19.0 Å². The third-order valence-corrected chi connectivity index (χ3v) is 6.31. The zero-order valence-corrected chi connectivity index (χ0v) is 14.7. The first-order valence-electron chi connectivity index (χ1n) is 9.84. The van der Waals surface area contributed by atoms with Gasteiger partial charge in [-0.05, 0) is 44.4 Å². The summed E-state index contributed by atoms with van der Waals surface area (Å²) in [5, 5.41) is 0. The summed E-state index contributed by atoms with van der Waals surface area (Å²) in [7, 11) is 0. The van der Waals surface area contributed by atoms with E-state index in [1.54, 1.807) is 0 Å². The van der Waals surface area contributed by atoms with Crippen LogP contribution in [0.4, 0.5) is 0 Å². The van der Waals surface area contributed by atoms with Crippen LogP contribution in [0, 0.1) is 11.3 Å². The highest BCUT2D eigenvalue weighted by atomic mass is 16.5. The molecule has 136 valence electrons. The van der Waals surface area contributed by atoms with Gasteiger partial charge in [-0.1, -0.05) is 12.8 Å². The smallest absolute Gasteiger partial charge is 0.248 e. The Morgan fingerprint density at radius 1 is 1.17 bits per heavy atom. The van der Waals surface area contributed by atoms with E-state index in [0.29, 0.717) is 6.10 Å². The summed E-state index contributed by atoms with van der Waals surface area (Å²) in [4.78, 5) is 14.6. The highest BCUT2D eigenvalue weighted by Crippen LogP contribution is 2.41. The average Bonchev–Trinajstić information content (AvgIpc) is 3.11. The maximum absolute atomic E-state index is 12.6. The lowest BCUT2D eigenvalue weighted by Crippen LogP contribution is -2.54. The largest absolute Gasteiger partial charge is 0.380 e. The molecule has 0 aromatic rings. The third-order valence-electron chi connectivity index (χ3n) is 6.31. The van der Waals surface area contributed by atoms with Crippen molar-refractivity contribution in [3.05, 3.63) is 0 Å². The molecule has 2 atom stereocenters. The minimum atomic E-state index is 0.0101. The second kappa shape index (κ2) is 7.30. The summed E-state index contributed by atoms with van der Waals surface area (Å²) in [6.45, 7) is 4.24. The molecular weight excluding hydrogens is 306 g/mol. The van der Waals surface area contributed by atoms with E-state index >= 15 is 0 Å². The van der Waals surface area contributed by atoms with Crippen molar-refractivity contribution in [3.63, 3.8) is 0 Å². The second-order valence-corrected chi connectivity index (χ2v) is 8.25. The number of carbonyl (C=O) groups excluding carboxylic acids is 1. The molecule has 2 heterocycles. The van der Waals surface area contributed by atoms with E-state index in [1.165, 1.54) is 25.7 Å². The fraction of sp³-hybridized carbons (Fsp3) is 0.947. The van der Waals surface area contributed by atoms with Gasteiger partial charge < -0.3 is 19.1 Å². The van der Waals surface area contributed by atoms with Crippen molar-refractivity contribution in [2.75, 3.05) is 39.5 Å². The molecule has 0 aromatic heterocycles. The van der Waals surface area contributed by atoms with Gasteiger partial charge in [-0.25, -0.2) is 0 Å². The Morgan fingerprint density at radius 3 is 2.79 bits per heavy atom. The van der Waals surface area contributed by atoms with Crippen LogP contribution < -0.4 is 0 Å². The minimum absolute atomic E-state index is 0.0101. The molecule has 2 saturated heterocycles. The van der Waals surface area contributed by atoms with Crippen molar-refractivity contribution in [1.82, 2.24) is 4.90 Å². The SMILES string of the molecule is O=C(COC1CCCC1)N1CC[C@H]2OCC[C@@]2(COCC2CC2)C1. The van der Waals surface area contributed by atoms with Crippen LogP contribution in [0.25, 0.3) is 0 Å². The van der Waals surface area contributed by atoms with Gasteiger partial charge in [0.15, 0.2) is 0 Å². The molecular formula is C19H31NO4. The summed E-state index contributed by atoms with van der Waals surface area (Å²) in [5.41, 5.74) is 0.0101. The lowest BCUT2D eigenvalue weighted by atomic mass is 9.77. The van der Waals surface area contributed by atoms with Gasteiger partial charge in [0, 0.05) is 31.7 Å². The number of hydrogen-bond donors (Lipinski definition) is 0. The molecule has 5 nitrogen and oxygen atoms in total. The van der Waals surface area contributed by atoms with E-state index in [4.69, 9.17) is 14.2 Å². The van der Waals surface area contributed by atoms with E-state index in [0.717, 1.165) is 64.5 Å². The van der Waals surface area contributed by atoms with Gasteiger partial charge >= 0.3 is 0 Å². The molecule has 2 aliphatic carbocycles. The fourth-order valence-corrected chi connectivity index (χ4v) is 4.52. The van der Waals surface area contributed by atoms with Crippen LogP contribution in [0.15, 0.2) is 0 Å². The summed E-state index contributed by atoms with van der Waals surface area (Å²) < 4.78 is 17.8. The van der Waals surface area contributed by atoms with Crippen LogP contribution in [0.2, 0.25) is 0 Å². The maximum atomic E-state index is 12.6. The van der Waals surface area contributed by atoms with Crippen molar-refractivity contribution >= 4 is 5.91 Å². The van der Waals surface area contributed by atoms with Crippen molar-refractivity contribution in [2.24, 2.45) is 11.3 Å². The van der Waals surface area contributed by atoms with Gasteiger partial charge in [0.1, 0.15) is 6.61 Å². The van der Waals surface area contributed by atoms with Crippen LogP contribution >= 0.6 is 0 Å². The molecule has 0 N–H and O–H groups in total. The predicted octanol–water partition coefficient (Wildman–Crippen LogP) is 2.38. The summed E-state index contributed by atoms with van der Waals surface area (Å²) in [6.07, 6.45) is 9.84. The minimum Gasteiger partial charge on any atom is -0.380 e. The number of fused-ring (bicyclic) bond motifs is 1. The normalized spacial score (nSPS) is 33.8. The number of amides is 1. The Morgan fingerprint density at radius 2 is 2.00 bits per heavy atom. The van der Waals surface area contributed by atoms with Gasteiger partial charge in [-0.3, -0.25) is 4.79 Å². The zero-order valence-electron chi connectivity index (χ0n) is 14.7. The van der Waals surface area contributed by atoms with Gasteiger partial charge in [-0.2, -0.15) is 0 Å². The molecule has 5 heteroatoms. The van der Waals surface area contributed by atoms with E-state index in [9.17, 15) is 4.79 Å². The third kappa shape index (κ3) is 3.78. The first-order chi connectivity index (χ1) is 11.8. The molecule has 4 fully saturated rings. The van der Waals surface area contributed by atoms with Crippen molar-refractivity contribution in [3.8, 4) is 0 Å². The van der Waals surface area contributed by atoms with Gasteiger partial charge in [0.05, 0.1) is 18.8 Å². The van der Waals surface area contributed by atoms with Gasteiger partial charge in [0.25, 0.3) is 0 Å². The first kappa shape index (κ1) is 16.8. The molecule has 0 spiro atoms. The number of piperidine rings is 1. The van der Waals surface area contributed by atoms with Gasteiger partial charge in [-0.15, -0.1) is 0 Å². The summed E-state index contributed by atoms with van der Waals surface area (Å²) in [5.74, 6) is 0.928. The van der Waals surface area contributed by atoms with Crippen LogP contribution in [0.3, 0.4) is 0 Å². The lowest BCUT2D eigenvalue weighted by Gasteiger charge is -2.43. The first-order valence-corrected chi connectivity index (χ1v) is 9.84. The molecule has 0 unspecified atom stereocenters. The Kier molecular flexibility index (Phi) is 5.11. The molecule has 2 saturated carbocycles. The number of carbonyl (C=O) groups is 1. The number of rotatable bonds is 7. The van der Waals surface area contributed by atoms with E-state index in [-0.39, 0.29) is 24.0 Å². The van der Waals surface area contributed by atoms with Crippen LogP contribution in [0.1, 0.15) is 51.4 Å². The summed E-state index contributed by atoms with van der Waals surface area (Å²) in [6, 6.07) is 0. The number of ether oxygens (including phenoxy) is 3. The standard InChI is InChI=1S/C19H31NO4/c21-18(12-24-16-3-1-2-4-16)20-9-7-17-19(13-20,8-10-23-17)14-22-11-15-5-6-15/h15-17H,1-14H2/t17-,19+/m1/s1. The van der Waals surface area contributed by atoms with Crippen LogP contribution in [-0.4, -0.2) is 62.5 Å². The molecule has 4 aliphatic rings. The van der Waals surface area contributed by atoms with E-state index < -0.39 is 0 Å². The number of nitrogens with zero attached hydrogens (tertiary/aromatic N) is 1. The van der Waals surface area contributed by atoms with E-state index in [2.05, 4.69) is 0 Å². The Hall–Kier alpha value is -0.650. The maximum Gasteiger partial charge on any atom is 0.248 e. The topological polar surface area (TPSA) is 48.0 Å². The Labute approximate surface area is 145 Å². The van der Waals surface area contributed by atoms with Gasteiger partial charge in [0.2, 0.25) is 5.91 Å². The molecule has 2 aliphatic heterocycles. The highest BCUT2D eigenvalue weighted by molar-refractivity contribution is 5.77. The Balaban J connectivity index is 1.30. The van der Waals surface area contributed by atoms with E-state index in [1.807, 2.05) is 4.90 Å². The molecule has 4 rings (SSSR count). The molecule has 0 bridgehead atoms. The number of hydrogen-bond acceptors (Lipinski definition) is 4. The highest BCUT2D eigenvalue weighted by Gasteiger charge is 2.49. The van der Waals surface area contributed by atoms with Crippen LogP contribution in [-0.2, 0) is 19.0 Å². The monoisotopic (exact) mass is 337 g/mol. The average molecular weight is 337 g/mol. The molecule has 0 aromatic carbocycles. The summed E-state index contributed by atoms with van der Waals surface area (Å²) >= 11 is 0. The molecule has 0 radical (unpaired) electrons. The lowest BCUT2D eigenvalue weighted by molar-refractivity contribution is -0.146. The predicted molar refractivity (Wildman–Crippen MR) is 89.7 cm³/mol.